The highest BCUT2D eigenvalue weighted by atomic mass is 15.4. The van der Waals surface area contributed by atoms with Gasteiger partial charge in [0, 0.05) is 56.5 Å². The van der Waals surface area contributed by atoms with E-state index in [1.54, 1.807) is 10.0 Å². The number of nitrogens with zero attached hydrogens (tertiary/aromatic N) is 5. The van der Waals surface area contributed by atoms with E-state index < -0.39 is 0 Å². The summed E-state index contributed by atoms with van der Waals surface area (Å²) in [4.78, 5) is 0. The van der Waals surface area contributed by atoms with Crippen molar-refractivity contribution in [1.82, 2.24) is 14.6 Å². The van der Waals surface area contributed by atoms with Gasteiger partial charge in [0.05, 0.1) is 12.4 Å². The summed E-state index contributed by atoms with van der Waals surface area (Å²) in [5.41, 5.74) is 4.70. The molecule has 0 saturated heterocycles. The molecule has 0 unspecified atom stereocenters. The molecule has 0 aliphatic rings. The van der Waals surface area contributed by atoms with Crippen molar-refractivity contribution < 1.29 is 0 Å². The van der Waals surface area contributed by atoms with Crippen LogP contribution in [0.25, 0.3) is 21.8 Å². The Hall–Kier alpha value is -2.82. The molecule has 0 atom stereocenters. The first kappa shape index (κ1) is 17.0. The number of hydrogen-bond donors (Lipinski definition) is 0. The summed E-state index contributed by atoms with van der Waals surface area (Å²) >= 11 is 0. The normalized spacial score (nSPS) is 12.0. The van der Waals surface area contributed by atoms with Crippen LogP contribution < -0.4 is 0 Å². The Morgan fingerprint density at radius 2 is 1.24 bits per heavy atom. The van der Waals surface area contributed by atoms with Crippen LogP contribution in [0.5, 0.6) is 0 Å². The van der Waals surface area contributed by atoms with Crippen molar-refractivity contribution in [3.8, 4) is 0 Å². The Kier molecular flexibility index (Phi) is 4.74. The Bertz CT molecular complexity index is 872. The van der Waals surface area contributed by atoms with Gasteiger partial charge in [-0.15, -0.1) is 0 Å². The lowest BCUT2D eigenvalue weighted by atomic mass is 10.1. The van der Waals surface area contributed by atoms with Crippen molar-refractivity contribution >= 4 is 34.2 Å². The topological polar surface area (TPSA) is 36.1 Å². The van der Waals surface area contributed by atoms with Crippen LogP contribution in [-0.2, 0) is 6.54 Å². The van der Waals surface area contributed by atoms with Gasteiger partial charge in [-0.3, -0.25) is 0 Å². The minimum Gasteiger partial charge on any atom is -0.341 e. The van der Waals surface area contributed by atoms with Gasteiger partial charge in [-0.25, -0.2) is 0 Å². The summed E-state index contributed by atoms with van der Waals surface area (Å²) in [6.07, 6.45) is 3.79. The van der Waals surface area contributed by atoms with Gasteiger partial charge in [-0.2, -0.15) is 10.2 Å². The zero-order valence-electron chi connectivity index (χ0n) is 15.6. The molecule has 130 valence electrons. The molecule has 0 aliphatic carbocycles. The maximum absolute atomic E-state index is 4.35. The minimum absolute atomic E-state index is 0.941. The fourth-order valence-electron chi connectivity index (χ4n) is 3.00. The Morgan fingerprint density at radius 1 is 0.800 bits per heavy atom. The zero-order valence-corrected chi connectivity index (χ0v) is 15.6. The summed E-state index contributed by atoms with van der Waals surface area (Å²) in [5.74, 6) is 0. The van der Waals surface area contributed by atoms with Crippen molar-refractivity contribution in [3.05, 3.63) is 47.5 Å². The van der Waals surface area contributed by atoms with Crippen molar-refractivity contribution in [2.45, 2.75) is 13.5 Å². The van der Waals surface area contributed by atoms with Gasteiger partial charge in [0.1, 0.15) is 0 Å². The quantitative estimate of drug-likeness (QED) is 0.527. The molecule has 2 aromatic carbocycles. The zero-order chi connectivity index (χ0) is 18.0. The summed E-state index contributed by atoms with van der Waals surface area (Å²) < 4.78 is 2.35. The van der Waals surface area contributed by atoms with E-state index in [0.717, 1.165) is 17.7 Å². The Labute approximate surface area is 148 Å². The standard InChI is InChI=1S/C20H25N5/c1-6-25-19-9-7-15(13-21-23(2)3)11-17(19)18-12-16(8-10-20(18)25)14-22-24(4)5/h7-14H,6H2,1-5H3/b21-13-,22-14-. The number of hydrogen-bond acceptors (Lipinski definition) is 4. The van der Waals surface area contributed by atoms with Crippen LogP contribution in [0.15, 0.2) is 46.6 Å². The average Bonchev–Trinajstić information content (AvgIpc) is 2.90. The van der Waals surface area contributed by atoms with E-state index in [-0.39, 0.29) is 0 Å². The second-order valence-corrected chi connectivity index (χ2v) is 6.48. The monoisotopic (exact) mass is 335 g/mol. The van der Waals surface area contributed by atoms with Crippen molar-refractivity contribution in [3.63, 3.8) is 0 Å². The molecule has 0 saturated carbocycles. The molecule has 5 heteroatoms. The number of fused-ring (bicyclic) bond motifs is 3. The van der Waals surface area contributed by atoms with E-state index in [2.05, 4.69) is 58.1 Å². The van der Waals surface area contributed by atoms with E-state index in [0.29, 0.717) is 0 Å². The van der Waals surface area contributed by atoms with Gasteiger partial charge in [0.15, 0.2) is 0 Å². The van der Waals surface area contributed by atoms with Crippen molar-refractivity contribution in [1.29, 1.82) is 0 Å². The molecule has 0 radical (unpaired) electrons. The van der Waals surface area contributed by atoms with Crippen LogP contribution in [0.3, 0.4) is 0 Å². The number of hydrazone groups is 2. The lowest BCUT2D eigenvalue weighted by molar-refractivity contribution is 0.440. The molecule has 0 fully saturated rings. The highest BCUT2D eigenvalue weighted by Gasteiger charge is 2.10. The molecule has 0 amide bonds. The van der Waals surface area contributed by atoms with Crippen LogP contribution in [-0.4, -0.2) is 55.2 Å². The molecular weight excluding hydrogens is 310 g/mol. The molecule has 0 bridgehead atoms. The molecule has 25 heavy (non-hydrogen) atoms. The predicted octanol–water partition coefficient (Wildman–Crippen LogP) is 3.61. The van der Waals surface area contributed by atoms with Gasteiger partial charge in [0.2, 0.25) is 0 Å². The fraction of sp³-hybridized carbons (Fsp3) is 0.300. The number of aromatic nitrogens is 1. The summed E-state index contributed by atoms with van der Waals surface area (Å²) in [6, 6.07) is 13.0. The molecule has 1 aromatic heterocycles. The van der Waals surface area contributed by atoms with Crippen LogP contribution in [0.4, 0.5) is 0 Å². The van der Waals surface area contributed by atoms with Crippen molar-refractivity contribution in [2.24, 2.45) is 10.2 Å². The van der Waals surface area contributed by atoms with Crippen molar-refractivity contribution in [2.75, 3.05) is 28.2 Å². The first-order chi connectivity index (χ1) is 12.0. The summed E-state index contributed by atoms with van der Waals surface area (Å²) in [7, 11) is 7.70. The number of aryl methyl sites for hydroxylation is 1. The van der Waals surface area contributed by atoms with Gasteiger partial charge in [-0.1, -0.05) is 12.1 Å². The second kappa shape index (κ2) is 6.97. The molecular formula is C20H25N5. The van der Waals surface area contributed by atoms with Gasteiger partial charge in [-0.05, 0) is 42.3 Å². The molecule has 0 aliphatic heterocycles. The lowest BCUT2D eigenvalue weighted by Gasteiger charge is -2.04. The highest BCUT2D eigenvalue weighted by molar-refractivity contribution is 6.10. The van der Waals surface area contributed by atoms with E-state index in [4.69, 9.17) is 0 Å². The maximum Gasteiger partial charge on any atom is 0.0542 e. The smallest absolute Gasteiger partial charge is 0.0542 e. The van der Waals surface area contributed by atoms with Crippen LogP contribution in [0.1, 0.15) is 18.1 Å². The average molecular weight is 335 g/mol. The maximum atomic E-state index is 4.35. The first-order valence-electron chi connectivity index (χ1n) is 8.48. The summed E-state index contributed by atoms with van der Waals surface area (Å²) in [5, 5.41) is 14.8. The van der Waals surface area contributed by atoms with E-state index in [9.17, 15) is 0 Å². The minimum atomic E-state index is 0.941. The molecule has 5 nitrogen and oxygen atoms in total. The fourth-order valence-corrected chi connectivity index (χ4v) is 3.00. The largest absolute Gasteiger partial charge is 0.341 e. The number of benzene rings is 2. The van der Waals surface area contributed by atoms with Gasteiger partial charge in [0.25, 0.3) is 0 Å². The van der Waals surface area contributed by atoms with E-state index in [1.165, 1.54) is 21.8 Å². The van der Waals surface area contributed by atoms with E-state index >= 15 is 0 Å². The third-order valence-electron chi connectivity index (χ3n) is 4.10. The van der Waals surface area contributed by atoms with E-state index in [1.807, 2.05) is 40.6 Å². The van der Waals surface area contributed by atoms with Gasteiger partial charge >= 0.3 is 0 Å². The second-order valence-electron chi connectivity index (χ2n) is 6.48. The van der Waals surface area contributed by atoms with Crippen LogP contribution in [0.2, 0.25) is 0 Å². The lowest BCUT2D eigenvalue weighted by Crippen LogP contribution is -2.01. The molecule has 3 rings (SSSR count). The SMILES string of the molecule is CCn1c2ccc(/C=N\N(C)C)cc2c2cc(/C=N\N(C)C)ccc21. The molecule has 0 spiro atoms. The van der Waals surface area contributed by atoms with Gasteiger partial charge < -0.3 is 14.6 Å². The number of rotatable bonds is 5. The highest BCUT2D eigenvalue weighted by Crippen LogP contribution is 2.30. The predicted molar refractivity (Wildman–Crippen MR) is 108 cm³/mol. The summed E-state index contributed by atoms with van der Waals surface area (Å²) in [6.45, 7) is 3.12. The third-order valence-corrected chi connectivity index (χ3v) is 4.10. The third kappa shape index (κ3) is 3.50. The molecule has 0 N–H and O–H groups in total. The van der Waals surface area contributed by atoms with Crippen LogP contribution >= 0.6 is 0 Å². The first-order valence-corrected chi connectivity index (χ1v) is 8.48. The Morgan fingerprint density at radius 3 is 1.60 bits per heavy atom. The molecule has 3 aromatic rings. The molecule has 1 heterocycles. The Balaban J connectivity index is 2.19. The van der Waals surface area contributed by atoms with Crippen LogP contribution in [0, 0.1) is 0 Å².